The van der Waals surface area contributed by atoms with Crippen LogP contribution in [-0.2, 0) is 17.8 Å². The van der Waals surface area contributed by atoms with E-state index < -0.39 is 11.8 Å². The molecule has 0 fully saturated rings. The van der Waals surface area contributed by atoms with E-state index in [0.29, 0.717) is 13.0 Å². The molecule has 7 heteroatoms. The first kappa shape index (κ1) is 24.9. The minimum absolute atomic E-state index is 0. The van der Waals surface area contributed by atoms with Crippen LogP contribution in [-0.4, -0.2) is 36.9 Å². The highest BCUT2D eigenvalue weighted by Crippen LogP contribution is 2.12. The van der Waals surface area contributed by atoms with Crippen LogP contribution in [0.15, 0.2) is 53.5 Å². The molecule has 0 aliphatic carbocycles. The Morgan fingerprint density at radius 1 is 1.21 bits per heavy atom. The molecular weight excluding hydrogens is 482 g/mol. The van der Waals surface area contributed by atoms with Crippen LogP contribution in [0.3, 0.4) is 0 Å². The third kappa shape index (κ3) is 8.00. The molecule has 2 rings (SSSR count). The van der Waals surface area contributed by atoms with Gasteiger partial charge in [0.05, 0.1) is 12.5 Å². The fourth-order valence-corrected chi connectivity index (χ4v) is 2.94. The zero-order chi connectivity index (χ0) is 20.5. The van der Waals surface area contributed by atoms with Gasteiger partial charge in [0, 0.05) is 20.1 Å². The molecule has 3 N–H and O–H groups in total. The molecule has 0 spiro atoms. The maximum atomic E-state index is 13.1. The second-order valence-electron chi connectivity index (χ2n) is 6.91. The minimum atomic E-state index is -0.453. The van der Waals surface area contributed by atoms with E-state index in [4.69, 9.17) is 5.73 Å². The monoisotopic (exact) mass is 512 g/mol. The second kappa shape index (κ2) is 12.4. The van der Waals surface area contributed by atoms with Gasteiger partial charge in [0.1, 0.15) is 5.82 Å². The molecule has 5 nitrogen and oxygen atoms in total. The molecule has 0 bridgehead atoms. The summed E-state index contributed by atoms with van der Waals surface area (Å²) in [6.07, 6.45) is 0.431. The number of hydrogen-bond donors (Lipinski definition) is 2. The number of aliphatic imine (C=N–C) groups is 1. The summed E-state index contributed by atoms with van der Waals surface area (Å²) in [5.41, 5.74) is 8.87. The van der Waals surface area contributed by atoms with E-state index >= 15 is 0 Å². The van der Waals surface area contributed by atoms with Crippen molar-refractivity contribution < 1.29 is 9.18 Å². The number of nitrogens with one attached hydrogen (secondary N) is 1. The summed E-state index contributed by atoms with van der Waals surface area (Å²) in [6, 6.07) is 14.3. The number of nitrogens with zero attached hydrogens (tertiary/aromatic N) is 2. The lowest BCUT2D eigenvalue weighted by Crippen LogP contribution is -2.39. The van der Waals surface area contributed by atoms with E-state index in [1.54, 1.807) is 12.1 Å². The predicted molar refractivity (Wildman–Crippen MR) is 127 cm³/mol. The maximum Gasteiger partial charge on any atom is 0.222 e. The molecular formula is C22H30FIN4O. The Balaban J connectivity index is 0.00000420. The Labute approximate surface area is 189 Å². The van der Waals surface area contributed by atoms with Crippen molar-refractivity contribution >= 4 is 35.8 Å². The normalized spacial score (nSPS) is 12.1. The van der Waals surface area contributed by atoms with Gasteiger partial charge in [-0.3, -0.25) is 9.79 Å². The lowest BCUT2D eigenvalue weighted by atomic mass is 9.99. The number of nitrogens with two attached hydrogens (primary N) is 1. The van der Waals surface area contributed by atoms with Crippen molar-refractivity contribution in [2.24, 2.45) is 16.6 Å². The van der Waals surface area contributed by atoms with Crippen LogP contribution in [0, 0.1) is 18.7 Å². The fourth-order valence-electron chi connectivity index (χ4n) is 2.94. The molecule has 29 heavy (non-hydrogen) atoms. The summed E-state index contributed by atoms with van der Waals surface area (Å²) in [4.78, 5) is 18.6. The van der Waals surface area contributed by atoms with Crippen LogP contribution < -0.4 is 11.1 Å². The number of carbonyl (C=O) groups excluding carboxylic acids is 1. The van der Waals surface area contributed by atoms with Gasteiger partial charge < -0.3 is 16.0 Å². The Hall–Kier alpha value is -2.16. The molecule has 2 aromatic rings. The molecule has 0 heterocycles. The molecule has 0 saturated heterocycles. The molecule has 1 amide bonds. The van der Waals surface area contributed by atoms with Crippen LogP contribution >= 0.6 is 24.0 Å². The molecule has 0 radical (unpaired) electrons. The summed E-state index contributed by atoms with van der Waals surface area (Å²) in [7, 11) is 1.97. The summed E-state index contributed by atoms with van der Waals surface area (Å²) >= 11 is 0. The van der Waals surface area contributed by atoms with E-state index in [1.165, 1.54) is 23.3 Å². The van der Waals surface area contributed by atoms with Gasteiger partial charge in [0.15, 0.2) is 5.96 Å². The Morgan fingerprint density at radius 3 is 2.45 bits per heavy atom. The maximum absolute atomic E-state index is 13.1. The Bertz CT molecular complexity index is 811. The van der Waals surface area contributed by atoms with E-state index in [2.05, 4.69) is 29.4 Å². The Kier molecular flexibility index (Phi) is 10.6. The van der Waals surface area contributed by atoms with E-state index in [9.17, 15) is 9.18 Å². The number of amides is 1. The standard InChI is InChI=1S/C22H29FN4O.HI/c1-4-25-22(27(3)15-18-8-6-5-7-16(18)2)26-14-19(21(24)28)13-17-9-11-20(23)12-10-17;/h5-12,19H,4,13-15H2,1-3H3,(H2,24,28)(H,25,26);1H. The largest absolute Gasteiger partial charge is 0.369 e. The fraction of sp³-hybridized carbons (Fsp3) is 0.364. The van der Waals surface area contributed by atoms with Crippen molar-refractivity contribution in [3.8, 4) is 0 Å². The molecule has 0 aromatic heterocycles. The molecule has 2 aromatic carbocycles. The highest BCUT2D eigenvalue weighted by Gasteiger charge is 2.17. The van der Waals surface area contributed by atoms with Crippen molar-refractivity contribution in [2.45, 2.75) is 26.8 Å². The average molecular weight is 512 g/mol. The van der Waals surface area contributed by atoms with Gasteiger partial charge in [0.25, 0.3) is 0 Å². The van der Waals surface area contributed by atoms with Crippen LogP contribution in [0.4, 0.5) is 4.39 Å². The summed E-state index contributed by atoms with van der Waals surface area (Å²) in [5.74, 6) is -0.447. The number of rotatable bonds is 8. The third-order valence-corrected chi connectivity index (χ3v) is 4.62. The number of carbonyl (C=O) groups is 1. The first-order valence-corrected chi connectivity index (χ1v) is 9.48. The highest BCUT2D eigenvalue weighted by atomic mass is 127. The second-order valence-corrected chi connectivity index (χ2v) is 6.91. The summed E-state index contributed by atoms with van der Waals surface area (Å²) in [5, 5.41) is 3.26. The lowest BCUT2D eigenvalue weighted by molar-refractivity contribution is -0.121. The Morgan fingerprint density at radius 2 is 1.86 bits per heavy atom. The minimum Gasteiger partial charge on any atom is -0.369 e. The molecule has 1 atom stereocenters. The summed E-state index contributed by atoms with van der Waals surface area (Å²) < 4.78 is 13.1. The first-order chi connectivity index (χ1) is 13.4. The number of guanidine groups is 1. The molecule has 0 aliphatic rings. The van der Waals surface area contributed by atoms with E-state index in [-0.39, 0.29) is 36.3 Å². The van der Waals surface area contributed by atoms with Crippen LogP contribution in [0.25, 0.3) is 0 Å². The number of benzene rings is 2. The molecule has 1 unspecified atom stereocenters. The topological polar surface area (TPSA) is 70.7 Å². The number of hydrogen-bond acceptors (Lipinski definition) is 2. The first-order valence-electron chi connectivity index (χ1n) is 9.48. The predicted octanol–water partition coefficient (Wildman–Crippen LogP) is 3.49. The number of aryl methyl sites for hydroxylation is 1. The molecule has 0 saturated carbocycles. The molecule has 0 aliphatic heterocycles. The zero-order valence-electron chi connectivity index (χ0n) is 17.2. The van der Waals surface area contributed by atoms with Crippen LogP contribution in [0.5, 0.6) is 0 Å². The lowest BCUT2D eigenvalue weighted by Gasteiger charge is -2.23. The summed E-state index contributed by atoms with van der Waals surface area (Å²) in [6.45, 7) is 5.78. The SMILES string of the molecule is CCNC(=NCC(Cc1ccc(F)cc1)C(N)=O)N(C)Cc1ccccc1C.I. The number of primary amides is 1. The quantitative estimate of drug-likeness (QED) is 0.323. The average Bonchev–Trinajstić information content (AvgIpc) is 2.67. The zero-order valence-corrected chi connectivity index (χ0v) is 19.5. The van der Waals surface area contributed by atoms with Crippen LogP contribution in [0.2, 0.25) is 0 Å². The van der Waals surface area contributed by atoms with Crippen molar-refractivity contribution in [1.82, 2.24) is 10.2 Å². The van der Waals surface area contributed by atoms with Gasteiger partial charge >= 0.3 is 0 Å². The van der Waals surface area contributed by atoms with Gasteiger partial charge in [-0.15, -0.1) is 24.0 Å². The van der Waals surface area contributed by atoms with Gasteiger partial charge in [-0.2, -0.15) is 0 Å². The van der Waals surface area contributed by atoms with E-state index in [0.717, 1.165) is 18.1 Å². The van der Waals surface area contributed by atoms with Gasteiger partial charge in [0.2, 0.25) is 5.91 Å². The van der Waals surface area contributed by atoms with Crippen molar-refractivity contribution in [1.29, 1.82) is 0 Å². The van der Waals surface area contributed by atoms with Gasteiger partial charge in [-0.25, -0.2) is 4.39 Å². The van der Waals surface area contributed by atoms with Gasteiger partial charge in [-0.05, 0) is 49.1 Å². The van der Waals surface area contributed by atoms with Gasteiger partial charge in [-0.1, -0.05) is 36.4 Å². The number of halogens is 2. The van der Waals surface area contributed by atoms with Crippen molar-refractivity contribution in [3.63, 3.8) is 0 Å². The highest BCUT2D eigenvalue weighted by molar-refractivity contribution is 14.0. The van der Waals surface area contributed by atoms with Crippen molar-refractivity contribution in [3.05, 3.63) is 71.0 Å². The smallest absolute Gasteiger partial charge is 0.222 e. The van der Waals surface area contributed by atoms with Crippen LogP contribution in [0.1, 0.15) is 23.6 Å². The molecule has 158 valence electrons. The van der Waals surface area contributed by atoms with E-state index in [1.807, 2.05) is 31.0 Å². The van der Waals surface area contributed by atoms with Crippen molar-refractivity contribution in [2.75, 3.05) is 20.1 Å². The third-order valence-electron chi connectivity index (χ3n) is 4.62.